The Labute approximate surface area is 199 Å². The van der Waals surface area contributed by atoms with E-state index >= 15 is 0 Å². The lowest BCUT2D eigenvalue weighted by molar-refractivity contribution is 0.256. The fourth-order valence-electron chi connectivity index (χ4n) is 4.17. The number of hydrogen-bond donors (Lipinski definition) is 0. The minimum atomic E-state index is 0.411. The Bertz CT molecular complexity index is 1450. The van der Waals surface area contributed by atoms with Crippen LogP contribution in [0, 0.1) is 18.3 Å². The number of benzene rings is 4. The first-order chi connectivity index (χ1) is 16.7. The van der Waals surface area contributed by atoms with Gasteiger partial charge in [0.25, 0.3) is 0 Å². The van der Waals surface area contributed by atoms with Crippen molar-refractivity contribution in [2.45, 2.75) is 20.1 Å². The molecule has 34 heavy (non-hydrogen) atoms. The molecule has 0 amide bonds. The second-order valence-electron chi connectivity index (χ2n) is 8.11. The summed E-state index contributed by atoms with van der Waals surface area (Å²) in [5, 5.41) is 10.8. The van der Waals surface area contributed by atoms with Gasteiger partial charge in [0.1, 0.15) is 19.3 Å². The van der Waals surface area contributed by atoms with Gasteiger partial charge >= 0.3 is 0 Å². The number of aromatic nitrogens is 1. The van der Waals surface area contributed by atoms with Gasteiger partial charge in [-0.2, -0.15) is 5.26 Å². The summed E-state index contributed by atoms with van der Waals surface area (Å²) in [6.45, 7) is 2.80. The van der Waals surface area contributed by atoms with Gasteiger partial charge in [0, 0.05) is 22.8 Å². The number of para-hydroxylation sites is 1. The molecule has 0 aliphatic carbocycles. The molecule has 0 spiro atoms. The van der Waals surface area contributed by atoms with E-state index in [1.807, 2.05) is 110 Å². The Morgan fingerprint density at radius 3 is 1.74 bits per heavy atom. The number of nitriles is 1. The van der Waals surface area contributed by atoms with Crippen LogP contribution in [-0.4, -0.2) is 4.57 Å². The van der Waals surface area contributed by atoms with E-state index in [1.54, 1.807) is 0 Å². The third kappa shape index (κ3) is 4.24. The van der Waals surface area contributed by atoms with Gasteiger partial charge in [-0.25, -0.2) is 0 Å². The predicted octanol–water partition coefficient (Wildman–Crippen LogP) is 6.97. The molecule has 4 nitrogen and oxygen atoms in total. The Balaban J connectivity index is 1.61. The summed E-state index contributed by atoms with van der Waals surface area (Å²) in [5.41, 5.74) is 5.57. The summed E-state index contributed by atoms with van der Waals surface area (Å²) in [6, 6.07) is 36.4. The average molecular weight is 445 g/mol. The van der Waals surface area contributed by atoms with E-state index in [9.17, 15) is 5.26 Å². The van der Waals surface area contributed by atoms with E-state index in [4.69, 9.17) is 9.47 Å². The molecule has 0 aliphatic rings. The summed E-state index contributed by atoms with van der Waals surface area (Å²) in [4.78, 5) is 0. The molecule has 0 radical (unpaired) electrons. The summed E-state index contributed by atoms with van der Waals surface area (Å²) >= 11 is 0. The third-order valence-electron chi connectivity index (χ3n) is 5.87. The third-order valence-corrected chi connectivity index (χ3v) is 5.87. The molecule has 0 unspecified atom stereocenters. The topological polar surface area (TPSA) is 47.2 Å². The van der Waals surface area contributed by atoms with Gasteiger partial charge < -0.3 is 14.0 Å². The number of rotatable bonds is 7. The molecule has 5 rings (SSSR count). The van der Waals surface area contributed by atoms with Crippen molar-refractivity contribution in [2.75, 3.05) is 0 Å². The van der Waals surface area contributed by atoms with Gasteiger partial charge in [0.05, 0.1) is 11.1 Å². The van der Waals surface area contributed by atoms with Crippen LogP contribution in [0.1, 0.15) is 22.4 Å². The van der Waals surface area contributed by atoms with Gasteiger partial charge in [-0.3, -0.25) is 0 Å². The van der Waals surface area contributed by atoms with E-state index in [1.165, 1.54) is 0 Å². The molecular weight excluding hydrogens is 420 g/mol. The van der Waals surface area contributed by atoms with Crippen LogP contribution < -0.4 is 9.47 Å². The molecule has 4 aromatic carbocycles. The summed E-state index contributed by atoms with van der Waals surface area (Å²) in [6.07, 6.45) is 0. The zero-order valence-corrected chi connectivity index (χ0v) is 18.9. The van der Waals surface area contributed by atoms with E-state index in [0.717, 1.165) is 33.4 Å². The lowest BCUT2D eigenvalue weighted by Gasteiger charge is -2.15. The van der Waals surface area contributed by atoms with E-state index < -0.39 is 0 Å². The van der Waals surface area contributed by atoms with Crippen molar-refractivity contribution in [3.63, 3.8) is 0 Å². The predicted molar refractivity (Wildman–Crippen MR) is 134 cm³/mol. The second-order valence-corrected chi connectivity index (χ2v) is 8.11. The SMILES string of the molecule is Cc1c(C#N)c2cc(OCc3ccccc3)c(OCc3ccccc3)cc2n1-c1ccccc1. The first-order valence-corrected chi connectivity index (χ1v) is 11.2. The van der Waals surface area contributed by atoms with Crippen molar-refractivity contribution in [1.82, 2.24) is 4.57 Å². The number of nitrogens with zero attached hydrogens (tertiary/aromatic N) is 2. The molecule has 0 bridgehead atoms. The Hall–Kier alpha value is -4.49. The standard InChI is InChI=1S/C30H24N2O2/c1-22-27(19-31)26-17-29(33-20-23-11-5-2-6-12-23)30(34-21-24-13-7-3-8-14-24)18-28(26)32(22)25-15-9-4-10-16-25/h2-18H,20-21H2,1H3. The lowest BCUT2D eigenvalue weighted by atomic mass is 10.1. The number of ether oxygens (including phenoxy) is 2. The highest BCUT2D eigenvalue weighted by molar-refractivity contribution is 5.92. The Morgan fingerprint density at radius 2 is 1.21 bits per heavy atom. The molecule has 0 aliphatic heterocycles. The first kappa shape index (κ1) is 21.4. The first-order valence-electron chi connectivity index (χ1n) is 11.2. The van der Waals surface area contributed by atoms with Crippen molar-refractivity contribution in [2.24, 2.45) is 0 Å². The molecule has 4 heteroatoms. The van der Waals surface area contributed by atoms with Crippen LogP contribution in [-0.2, 0) is 13.2 Å². The zero-order chi connectivity index (χ0) is 23.3. The second kappa shape index (κ2) is 9.56. The van der Waals surface area contributed by atoms with Crippen molar-refractivity contribution >= 4 is 10.9 Å². The summed E-state index contributed by atoms with van der Waals surface area (Å²) in [5.74, 6) is 1.26. The van der Waals surface area contributed by atoms with Crippen LogP contribution >= 0.6 is 0 Å². The molecule has 1 aromatic heterocycles. The maximum absolute atomic E-state index is 9.96. The highest BCUT2D eigenvalue weighted by atomic mass is 16.5. The van der Waals surface area contributed by atoms with E-state index in [-0.39, 0.29) is 0 Å². The lowest BCUT2D eigenvalue weighted by Crippen LogP contribution is -2.01. The minimum absolute atomic E-state index is 0.411. The van der Waals surface area contributed by atoms with Crippen molar-refractivity contribution in [3.05, 3.63) is 126 Å². The number of fused-ring (bicyclic) bond motifs is 1. The summed E-state index contributed by atoms with van der Waals surface area (Å²) < 4.78 is 14.6. The fraction of sp³-hybridized carbons (Fsp3) is 0.100. The van der Waals surface area contributed by atoms with Gasteiger partial charge in [-0.15, -0.1) is 0 Å². The zero-order valence-electron chi connectivity index (χ0n) is 18.9. The van der Waals surface area contributed by atoms with Crippen LogP contribution in [0.3, 0.4) is 0 Å². The molecular formula is C30H24N2O2. The smallest absolute Gasteiger partial charge is 0.163 e. The summed E-state index contributed by atoms with van der Waals surface area (Å²) in [7, 11) is 0. The fourth-order valence-corrected chi connectivity index (χ4v) is 4.17. The maximum atomic E-state index is 9.96. The van der Waals surface area contributed by atoms with Crippen LogP contribution in [0.2, 0.25) is 0 Å². The Kier molecular flexibility index (Phi) is 6.01. The van der Waals surface area contributed by atoms with Crippen molar-refractivity contribution in [1.29, 1.82) is 5.26 Å². The highest BCUT2D eigenvalue weighted by Crippen LogP contribution is 2.38. The molecule has 166 valence electrons. The van der Waals surface area contributed by atoms with Crippen molar-refractivity contribution in [3.8, 4) is 23.3 Å². The average Bonchev–Trinajstić information content (AvgIpc) is 3.17. The quantitative estimate of drug-likeness (QED) is 0.272. The largest absolute Gasteiger partial charge is 0.485 e. The Morgan fingerprint density at radius 1 is 0.706 bits per heavy atom. The van der Waals surface area contributed by atoms with Crippen LogP contribution in [0.25, 0.3) is 16.6 Å². The van der Waals surface area contributed by atoms with E-state index in [2.05, 4.69) is 10.6 Å². The number of hydrogen-bond acceptors (Lipinski definition) is 3. The minimum Gasteiger partial charge on any atom is -0.485 e. The molecule has 0 fully saturated rings. The molecule has 0 atom stereocenters. The van der Waals surface area contributed by atoms with E-state index in [0.29, 0.717) is 30.3 Å². The normalized spacial score (nSPS) is 10.7. The van der Waals surface area contributed by atoms with Crippen molar-refractivity contribution < 1.29 is 9.47 Å². The van der Waals surface area contributed by atoms with Gasteiger partial charge in [-0.1, -0.05) is 78.9 Å². The monoisotopic (exact) mass is 444 g/mol. The van der Waals surface area contributed by atoms with Crippen LogP contribution in [0.15, 0.2) is 103 Å². The maximum Gasteiger partial charge on any atom is 0.163 e. The molecule has 0 saturated carbocycles. The van der Waals surface area contributed by atoms with Gasteiger partial charge in [0.2, 0.25) is 0 Å². The van der Waals surface area contributed by atoms with Crippen LogP contribution in [0.5, 0.6) is 11.5 Å². The molecule has 0 saturated heterocycles. The highest BCUT2D eigenvalue weighted by Gasteiger charge is 2.19. The van der Waals surface area contributed by atoms with Gasteiger partial charge in [0.15, 0.2) is 11.5 Å². The molecule has 5 aromatic rings. The molecule has 0 N–H and O–H groups in total. The van der Waals surface area contributed by atoms with Gasteiger partial charge in [-0.05, 0) is 36.2 Å². The van der Waals surface area contributed by atoms with Crippen LogP contribution in [0.4, 0.5) is 0 Å². The molecule has 1 heterocycles.